The number of hydrogen-bond donors (Lipinski definition) is 0. The van der Waals surface area contributed by atoms with Gasteiger partial charge >= 0.3 is 0 Å². The van der Waals surface area contributed by atoms with Crippen LogP contribution in [0.4, 0.5) is 10.1 Å². The number of carbonyl (C=O) groups is 1. The van der Waals surface area contributed by atoms with Gasteiger partial charge in [-0.25, -0.2) is 4.39 Å². The topological polar surface area (TPSA) is 60.2 Å². The third-order valence-corrected chi connectivity index (χ3v) is 2.25. The van der Waals surface area contributed by atoms with Gasteiger partial charge in [-0.1, -0.05) is 0 Å². The molecule has 1 aromatic rings. The van der Waals surface area contributed by atoms with Crippen molar-refractivity contribution in [2.24, 2.45) is 0 Å². The number of rotatable bonds is 2. The largest absolute Gasteiger partial charge is 0.275 e. The molecule has 0 atom stereocenters. The van der Waals surface area contributed by atoms with Gasteiger partial charge in [-0.15, -0.1) is 0 Å². The Kier molecular flexibility index (Phi) is 3.17. The number of benzene rings is 1. The Balaban J connectivity index is 3.39. The predicted molar refractivity (Wildman–Crippen MR) is 50.9 cm³/mol. The third kappa shape index (κ3) is 2.08. The van der Waals surface area contributed by atoms with Gasteiger partial charge in [0.25, 0.3) is 10.9 Å². The average Bonchev–Trinajstić information content (AvgIpc) is 2.01. The monoisotopic (exact) mass is 281 g/mol. The van der Waals surface area contributed by atoms with Gasteiger partial charge < -0.3 is 0 Å². The predicted octanol–water partition coefficient (Wildman–Crippen LogP) is 2.88. The van der Waals surface area contributed by atoms with Crippen LogP contribution in [0, 0.1) is 15.9 Å². The van der Waals surface area contributed by atoms with Crippen LogP contribution in [0.3, 0.4) is 0 Å². The second kappa shape index (κ2) is 4.02. The number of nitro benzene ring substituents is 1. The van der Waals surface area contributed by atoms with E-state index in [1.807, 2.05) is 0 Å². The minimum atomic E-state index is -1.02. The molecule has 0 saturated carbocycles. The summed E-state index contributed by atoms with van der Waals surface area (Å²) >= 11 is 7.88. The van der Waals surface area contributed by atoms with E-state index in [0.29, 0.717) is 6.07 Å². The zero-order valence-electron chi connectivity index (χ0n) is 6.46. The molecule has 14 heavy (non-hydrogen) atoms. The molecule has 7 heteroatoms. The number of halogens is 3. The molecule has 0 fully saturated rings. The van der Waals surface area contributed by atoms with Gasteiger partial charge in [0.2, 0.25) is 0 Å². The molecule has 0 heterocycles. The molecule has 74 valence electrons. The molecule has 0 N–H and O–H groups in total. The molecule has 0 radical (unpaired) electrons. The number of carbonyl (C=O) groups excluding carboxylic acids is 1. The van der Waals surface area contributed by atoms with Crippen molar-refractivity contribution in [1.29, 1.82) is 0 Å². The van der Waals surface area contributed by atoms with Crippen LogP contribution in [0.15, 0.2) is 16.6 Å². The van der Waals surface area contributed by atoms with E-state index in [2.05, 4.69) is 15.9 Å². The molecule has 1 rings (SSSR count). The van der Waals surface area contributed by atoms with E-state index >= 15 is 0 Å². The molecule has 0 spiro atoms. The first-order valence-electron chi connectivity index (χ1n) is 3.26. The summed E-state index contributed by atoms with van der Waals surface area (Å²) in [5.74, 6) is -1.02. The van der Waals surface area contributed by atoms with Gasteiger partial charge in [0.1, 0.15) is 5.82 Å². The number of nitrogens with zero attached hydrogens (tertiary/aromatic N) is 1. The zero-order chi connectivity index (χ0) is 10.9. The molecule has 0 unspecified atom stereocenters. The third-order valence-electron chi connectivity index (χ3n) is 1.43. The Morgan fingerprint density at radius 3 is 2.50 bits per heavy atom. The lowest BCUT2D eigenvalue weighted by Crippen LogP contribution is -1.98. The van der Waals surface area contributed by atoms with E-state index in [1.54, 1.807) is 0 Å². The molecule has 0 aromatic heterocycles. The van der Waals surface area contributed by atoms with Crippen molar-refractivity contribution in [2.75, 3.05) is 0 Å². The summed E-state index contributed by atoms with van der Waals surface area (Å²) < 4.78 is 13.0. The van der Waals surface area contributed by atoms with E-state index < -0.39 is 27.2 Å². The van der Waals surface area contributed by atoms with Crippen molar-refractivity contribution in [3.05, 3.63) is 38.1 Å². The van der Waals surface area contributed by atoms with Crippen molar-refractivity contribution < 1.29 is 14.1 Å². The Hall–Kier alpha value is -1.01. The van der Waals surface area contributed by atoms with Gasteiger partial charge in [0, 0.05) is 10.5 Å². The highest BCUT2D eigenvalue weighted by Crippen LogP contribution is 2.27. The van der Waals surface area contributed by atoms with Crippen molar-refractivity contribution in [3.8, 4) is 0 Å². The quantitative estimate of drug-likeness (QED) is 0.476. The van der Waals surface area contributed by atoms with Crippen LogP contribution in [0.25, 0.3) is 0 Å². The summed E-state index contributed by atoms with van der Waals surface area (Å²) in [5.41, 5.74) is -0.853. The van der Waals surface area contributed by atoms with Crippen LogP contribution in [0.1, 0.15) is 10.4 Å². The average molecular weight is 282 g/mol. The fourth-order valence-electron chi connectivity index (χ4n) is 0.853. The molecule has 1 aromatic carbocycles. The summed E-state index contributed by atoms with van der Waals surface area (Å²) in [5, 5.41) is 9.28. The van der Waals surface area contributed by atoms with E-state index in [-0.39, 0.29) is 4.47 Å². The second-order valence-corrected chi connectivity index (χ2v) is 3.51. The van der Waals surface area contributed by atoms with Crippen molar-refractivity contribution >= 4 is 38.5 Å². The Morgan fingerprint density at radius 1 is 1.57 bits per heavy atom. The first-order chi connectivity index (χ1) is 6.43. The molecular formula is C7H2BrClFNO3. The van der Waals surface area contributed by atoms with E-state index in [0.717, 1.165) is 6.07 Å². The van der Waals surface area contributed by atoms with Gasteiger partial charge in [-0.2, -0.15) is 0 Å². The molecule has 4 nitrogen and oxygen atoms in total. The van der Waals surface area contributed by atoms with Crippen LogP contribution in [0.2, 0.25) is 0 Å². The highest BCUT2D eigenvalue weighted by atomic mass is 79.9. The van der Waals surface area contributed by atoms with Crippen molar-refractivity contribution in [1.82, 2.24) is 0 Å². The number of hydrogen-bond acceptors (Lipinski definition) is 3. The lowest BCUT2D eigenvalue weighted by atomic mass is 10.2. The standard InChI is InChI=1S/C7H2BrClFNO3/c8-4-1-3(11(13)14)2-5(10)6(4)7(9)12/h1-2H. The minimum Gasteiger partial charge on any atom is -0.275 e. The summed E-state index contributed by atoms with van der Waals surface area (Å²) in [6, 6.07) is 1.65. The van der Waals surface area contributed by atoms with E-state index in [4.69, 9.17) is 11.6 Å². The number of nitro groups is 1. The molecule has 0 amide bonds. The molecule has 0 aliphatic rings. The highest BCUT2D eigenvalue weighted by Gasteiger charge is 2.19. The zero-order valence-corrected chi connectivity index (χ0v) is 8.80. The van der Waals surface area contributed by atoms with Crippen LogP contribution >= 0.6 is 27.5 Å². The minimum absolute atomic E-state index is 0.0378. The van der Waals surface area contributed by atoms with Crippen LogP contribution in [-0.2, 0) is 0 Å². The summed E-state index contributed by atoms with van der Waals surface area (Å²) in [6.07, 6.45) is 0. The fourth-order valence-corrected chi connectivity index (χ4v) is 1.76. The first kappa shape index (κ1) is 11.1. The van der Waals surface area contributed by atoms with Crippen LogP contribution < -0.4 is 0 Å². The van der Waals surface area contributed by atoms with Crippen LogP contribution in [0.5, 0.6) is 0 Å². The first-order valence-corrected chi connectivity index (χ1v) is 4.44. The summed E-state index contributed by atoms with van der Waals surface area (Å²) in [4.78, 5) is 20.2. The Morgan fingerprint density at radius 2 is 2.14 bits per heavy atom. The summed E-state index contributed by atoms with van der Waals surface area (Å²) in [6.45, 7) is 0. The van der Waals surface area contributed by atoms with Gasteiger partial charge in [0.15, 0.2) is 0 Å². The lowest BCUT2D eigenvalue weighted by Gasteiger charge is -2.00. The molecule has 0 bridgehead atoms. The van der Waals surface area contributed by atoms with Gasteiger partial charge in [-0.05, 0) is 27.5 Å². The normalized spacial score (nSPS) is 9.93. The highest BCUT2D eigenvalue weighted by molar-refractivity contribution is 9.10. The molecule has 0 aliphatic heterocycles. The van der Waals surface area contributed by atoms with E-state index in [9.17, 15) is 19.3 Å². The SMILES string of the molecule is O=C(Cl)c1c(F)cc([N+](=O)[O-])cc1Br. The second-order valence-electron chi connectivity index (χ2n) is 2.32. The lowest BCUT2D eigenvalue weighted by molar-refractivity contribution is -0.385. The van der Waals surface area contributed by atoms with Gasteiger partial charge in [0.05, 0.1) is 16.6 Å². The Bertz CT molecular complexity index is 400. The molecular weight excluding hydrogens is 280 g/mol. The molecule has 0 aliphatic carbocycles. The Labute approximate surface area is 90.9 Å². The van der Waals surface area contributed by atoms with E-state index in [1.165, 1.54) is 0 Å². The van der Waals surface area contributed by atoms with Gasteiger partial charge in [-0.3, -0.25) is 14.9 Å². The maximum atomic E-state index is 13.1. The smallest absolute Gasteiger partial charge is 0.273 e. The van der Waals surface area contributed by atoms with Crippen LogP contribution in [-0.4, -0.2) is 10.2 Å². The maximum Gasteiger partial charge on any atom is 0.273 e. The summed E-state index contributed by atoms with van der Waals surface area (Å²) in [7, 11) is 0. The van der Waals surface area contributed by atoms with Crippen molar-refractivity contribution in [2.45, 2.75) is 0 Å². The van der Waals surface area contributed by atoms with Crippen molar-refractivity contribution in [3.63, 3.8) is 0 Å². The fraction of sp³-hybridized carbons (Fsp3) is 0. The maximum absolute atomic E-state index is 13.1. The number of non-ortho nitro benzene ring substituents is 1. The molecule has 0 saturated heterocycles.